The van der Waals surface area contributed by atoms with Gasteiger partial charge in [0.2, 0.25) is 0 Å². The maximum atomic E-state index is 6.57. The molecule has 7 rings (SSSR count). The van der Waals surface area contributed by atoms with E-state index < -0.39 is 0 Å². The molecule has 0 aliphatic carbocycles. The van der Waals surface area contributed by atoms with E-state index in [4.69, 9.17) is 11.2 Å². The summed E-state index contributed by atoms with van der Waals surface area (Å²) in [4.78, 5) is 12.5. The standard InChI is InChI=1S/C32H20N4O.C6H4N.2Pt/c1-35-18-19-36(23-35)29-5-3-7-31(22-29)37-30-6-2-4-28(20-30)32-21-27(14-17-34-32)25-10-8-24(9-11-25)26-12-15-33-16-13-26;1-2-7-5-3-4-6-7;;/h2-3,5-10,12-19,23H,1H3;3-6H;;/q-6;-1;;+4. The van der Waals surface area contributed by atoms with Gasteiger partial charge in [-0.3, -0.25) is 17.1 Å². The Morgan fingerprint density at radius 2 is 1.61 bits per heavy atom. The zero-order valence-electron chi connectivity index (χ0n) is 24.4. The second-order valence-electron chi connectivity index (χ2n) is 9.59. The summed E-state index contributed by atoms with van der Waals surface area (Å²) in [5, 5.41) is 0. The van der Waals surface area contributed by atoms with E-state index in [-0.39, 0.29) is 42.1 Å². The molecule has 0 fully saturated rings. The van der Waals surface area contributed by atoms with Gasteiger partial charge in [0.25, 0.3) is 0 Å². The van der Waals surface area contributed by atoms with Gasteiger partial charge < -0.3 is 42.1 Å². The van der Waals surface area contributed by atoms with Gasteiger partial charge in [-0.25, -0.2) is 23.2 Å². The smallest absolute Gasteiger partial charge is 0.669 e. The van der Waals surface area contributed by atoms with E-state index in [1.165, 1.54) is 0 Å². The second kappa shape index (κ2) is 16.6. The monoisotopic (exact) mass is 956 g/mol. The van der Waals surface area contributed by atoms with Crippen molar-refractivity contribution >= 4 is 5.69 Å². The molecule has 0 unspecified atom stereocenters. The molecule has 6 nitrogen and oxygen atoms in total. The Kier molecular flexibility index (Phi) is 12.3. The van der Waals surface area contributed by atoms with E-state index in [0.29, 0.717) is 22.8 Å². The van der Waals surface area contributed by atoms with Gasteiger partial charge in [-0.1, -0.05) is 11.3 Å². The van der Waals surface area contributed by atoms with Crippen LogP contribution < -0.4 is 9.64 Å². The van der Waals surface area contributed by atoms with Crippen molar-refractivity contribution < 1.29 is 46.9 Å². The van der Waals surface area contributed by atoms with Gasteiger partial charge in [0.15, 0.2) is 0 Å². The molecule has 3 aromatic carbocycles. The van der Waals surface area contributed by atoms with E-state index in [0.717, 1.165) is 27.9 Å². The Balaban J connectivity index is 0.000000475. The fourth-order valence-electron chi connectivity index (χ4n) is 4.34. The molecule has 0 spiro atoms. The molecular formula is C38H24N5OPt2-3. The molecule has 230 valence electrons. The van der Waals surface area contributed by atoms with E-state index >= 15 is 0 Å². The third-order valence-electron chi connectivity index (χ3n) is 6.52. The molecule has 46 heavy (non-hydrogen) atoms. The van der Waals surface area contributed by atoms with Crippen LogP contribution in [0.5, 0.6) is 11.5 Å². The minimum Gasteiger partial charge on any atom is -0.669 e. The molecule has 3 aromatic heterocycles. The van der Waals surface area contributed by atoms with Crippen molar-refractivity contribution in [2.45, 2.75) is 0 Å². The Labute approximate surface area is 298 Å². The van der Waals surface area contributed by atoms with Gasteiger partial charge in [-0.15, -0.1) is 41.6 Å². The molecule has 0 saturated carbocycles. The molecule has 4 heterocycles. The normalized spacial score (nSPS) is 11.4. The number of benzene rings is 3. The average Bonchev–Trinajstić information content (AvgIpc) is 3.78. The predicted molar refractivity (Wildman–Crippen MR) is 170 cm³/mol. The maximum absolute atomic E-state index is 6.57. The number of anilines is 1. The first-order chi connectivity index (χ1) is 21.6. The molecule has 0 amide bonds. The van der Waals surface area contributed by atoms with Crippen LogP contribution in [0.4, 0.5) is 5.69 Å². The van der Waals surface area contributed by atoms with Crippen molar-refractivity contribution in [2.75, 3.05) is 11.9 Å². The fraction of sp³-hybridized carbons (Fsp3) is 0.0263. The topological polar surface area (TPSA) is 46.4 Å². The van der Waals surface area contributed by atoms with Crippen molar-refractivity contribution in [3.05, 3.63) is 166 Å². The first kappa shape index (κ1) is 34.2. The van der Waals surface area contributed by atoms with Crippen LogP contribution in [-0.2, 0) is 42.1 Å². The molecule has 1 aliphatic rings. The predicted octanol–water partition coefficient (Wildman–Crippen LogP) is 7.49. The van der Waals surface area contributed by atoms with Gasteiger partial charge in [0, 0.05) is 51.6 Å². The minimum absolute atomic E-state index is 0. The third-order valence-corrected chi connectivity index (χ3v) is 6.52. The quantitative estimate of drug-likeness (QED) is 0.128. The van der Waals surface area contributed by atoms with Gasteiger partial charge in [0.05, 0.1) is 0 Å². The summed E-state index contributed by atoms with van der Waals surface area (Å²) in [7, 11) is 1.98. The first-order valence-electron chi connectivity index (χ1n) is 13.7. The molecule has 8 heteroatoms. The summed E-state index contributed by atoms with van der Waals surface area (Å²) in [6.07, 6.45) is 19.4. The first-order valence-corrected chi connectivity index (χ1v) is 13.7. The molecule has 0 N–H and O–H groups in total. The number of nitrogens with zero attached hydrogens (tertiary/aromatic N) is 5. The summed E-state index contributed by atoms with van der Waals surface area (Å²) in [6.45, 7) is 1.97. The number of rotatable bonds is 6. The van der Waals surface area contributed by atoms with Crippen molar-refractivity contribution in [1.29, 1.82) is 0 Å². The van der Waals surface area contributed by atoms with Gasteiger partial charge >= 0.3 is 21.1 Å². The third kappa shape index (κ3) is 8.73. The summed E-state index contributed by atoms with van der Waals surface area (Å²) in [6, 6.07) is 43.7. The van der Waals surface area contributed by atoms with E-state index in [1.807, 2.05) is 103 Å². The molecule has 1 aliphatic heterocycles. The van der Waals surface area contributed by atoms with Crippen LogP contribution in [0.3, 0.4) is 0 Å². The Morgan fingerprint density at radius 3 is 2.30 bits per heavy atom. The molecular weight excluding hydrogens is 933 g/mol. The van der Waals surface area contributed by atoms with Crippen LogP contribution >= 0.6 is 0 Å². The molecule has 0 bridgehead atoms. The number of pyridine rings is 2. The second-order valence-corrected chi connectivity index (χ2v) is 9.59. The maximum Gasteiger partial charge on any atom is 4.00 e. The van der Waals surface area contributed by atoms with Crippen LogP contribution in [0.1, 0.15) is 0 Å². The van der Waals surface area contributed by atoms with Crippen LogP contribution in [0.25, 0.3) is 33.5 Å². The van der Waals surface area contributed by atoms with E-state index in [9.17, 15) is 0 Å². The fourth-order valence-corrected chi connectivity index (χ4v) is 4.34. The van der Waals surface area contributed by atoms with Gasteiger partial charge in [-0.2, -0.15) is 42.7 Å². The Morgan fingerprint density at radius 1 is 0.804 bits per heavy atom. The number of aromatic nitrogens is 3. The van der Waals surface area contributed by atoms with Crippen molar-refractivity contribution in [3.63, 3.8) is 0 Å². The number of ether oxygens (including phenoxy) is 1. The largest absolute Gasteiger partial charge is 4.00 e. The molecule has 0 radical (unpaired) electrons. The Hall–Kier alpha value is -4.68. The van der Waals surface area contributed by atoms with Crippen LogP contribution in [0.15, 0.2) is 122 Å². The summed E-state index contributed by atoms with van der Waals surface area (Å²) in [5.74, 6) is 1.14. The van der Waals surface area contributed by atoms with E-state index in [1.54, 1.807) is 41.6 Å². The average molecular weight is 957 g/mol. The minimum atomic E-state index is 0. The summed E-state index contributed by atoms with van der Waals surface area (Å²) < 4.78 is 7.62. The van der Waals surface area contributed by atoms with Crippen LogP contribution in [-0.4, -0.2) is 26.5 Å². The number of hydrogen-bond acceptors (Lipinski definition) is 5. The van der Waals surface area contributed by atoms with Crippen molar-refractivity contribution in [1.82, 2.24) is 19.4 Å². The van der Waals surface area contributed by atoms with Crippen LogP contribution in [0, 0.1) is 49.5 Å². The molecule has 6 aromatic rings. The molecule has 0 saturated heterocycles. The Bertz CT molecular complexity index is 1900. The van der Waals surface area contributed by atoms with Gasteiger partial charge in [-0.05, 0) is 49.9 Å². The zero-order valence-corrected chi connectivity index (χ0v) is 28.9. The summed E-state index contributed by atoms with van der Waals surface area (Å²) in [5.41, 5.74) is 6.18. The van der Waals surface area contributed by atoms with Crippen molar-refractivity contribution in [2.24, 2.45) is 0 Å². The van der Waals surface area contributed by atoms with Crippen LogP contribution in [0.2, 0.25) is 0 Å². The van der Waals surface area contributed by atoms with E-state index in [2.05, 4.69) is 52.4 Å². The zero-order chi connectivity index (χ0) is 30.1. The SMILES string of the molecule is CN1C=CN(c2[c-]c(Oc3[c-]c(-c4[c-]c(-c5[c-]cc(-c6ccncc6)cc5)ccn4)[c-]cc3)ccc2)[CH-]1.[C-]#Cn1cccc1.[Pt+4].[Pt]. The van der Waals surface area contributed by atoms with Gasteiger partial charge in [0.1, 0.15) is 0 Å². The summed E-state index contributed by atoms with van der Waals surface area (Å²) >= 11 is 0. The van der Waals surface area contributed by atoms with Crippen molar-refractivity contribution in [3.8, 4) is 51.1 Å². The number of hydrogen-bond donors (Lipinski definition) is 0. The molecule has 0 atom stereocenters.